The second-order valence-electron chi connectivity index (χ2n) is 7.61. The van der Waals surface area contributed by atoms with E-state index in [1.807, 2.05) is 0 Å². The number of Topliss-reactive ketones (excluding diaryl/α,β-unsaturated/α-hetero) is 1. The summed E-state index contributed by atoms with van der Waals surface area (Å²) in [6.07, 6.45) is 0.266. The first-order valence-corrected chi connectivity index (χ1v) is 11.6. The van der Waals surface area contributed by atoms with E-state index in [1.54, 1.807) is 17.8 Å². The summed E-state index contributed by atoms with van der Waals surface area (Å²) >= 11 is 1.31. The number of sulfone groups is 1. The molecule has 2 aliphatic rings. The van der Waals surface area contributed by atoms with Crippen LogP contribution in [0.4, 0.5) is 4.39 Å². The fourth-order valence-corrected chi connectivity index (χ4v) is 6.73. The molecule has 0 unspecified atom stereocenters. The van der Waals surface area contributed by atoms with E-state index in [-0.39, 0.29) is 49.0 Å². The highest BCUT2D eigenvalue weighted by molar-refractivity contribution is 7.93. The van der Waals surface area contributed by atoms with E-state index in [4.69, 9.17) is 10.5 Å². The molecule has 2 aliphatic heterocycles. The van der Waals surface area contributed by atoms with Crippen LogP contribution in [0.1, 0.15) is 35.0 Å². The molecule has 1 aromatic heterocycles. The summed E-state index contributed by atoms with van der Waals surface area (Å²) in [6.45, 7) is 1.80. The number of aromatic nitrogens is 1. The summed E-state index contributed by atoms with van der Waals surface area (Å²) in [6, 6.07) is 4.23. The number of carbonyl (C=O) groups excluding carboxylic acids is 1. The van der Waals surface area contributed by atoms with Crippen molar-refractivity contribution in [2.75, 3.05) is 19.0 Å². The predicted octanol–water partition coefficient (Wildman–Crippen LogP) is 1.87. The Bertz CT molecular complexity index is 1090. The number of ether oxygens (including phenoxy) is 1. The average Bonchev–Trinajstić information content (AvgIpc) is 3.34. The molecule has 1 aromatic carbocycles. The summed E-state index contributed by atoms with van der Waals surface area (Å²) in [4.78, 5) is 20.8. The highest BCUT2D eigenvalue weighted by Gasteiger charge is 2.57. The first kappa shape index (κ1) is 20.1. The van der Waals surface area contributed by atoms with Crippen LogP contribution in [0, 0.1) is 5.82 Å². The number of amidine groups is 1. The molecule has 0 saturated carbocycles. The Kier molecular flexibility index (Phi) is 4.83. The van der Waals surface area contributed by atoms with Crippen molar-refractivity contribution < 1.29 is 22.3 Å². The molecular formula is C19H20FN3O4S2. The van der Waals surface area contributed by atoms with E-state index < -0.39 is 25.9 Å². The number of rotatable bonds is 4. The molecule has 4 rings (SSSR count). The first-order chi connectivity index (χ1) is 13.7. The standard InChI is InChI=1S/C19H20FN3O4S2/c1-18(10-29(25,26)19(17(21)23-18)4-5-27-9-19)13-6-12(2-3-14(13)20)7-16(24)15-8-28-11-22-15/h2-3,6,8,11H,4-5,7,9-10H2,1H3,(H2,21,23)/t18-,19-/m0/s1. The molecule has 10 heteroatoms. The number of hydrogen-bond donors (Lipinski definition) is 1. The third kappa shape index (κ3) is 3.28. The van der Waals surface area contributed by atoms with Crippen LogP contribution in [0.3, 0.4) is 0 Å². The Morgan fingerprint density at radius 3 is 2.83 bits per heavy atom. The van der Waals surface area contributed by atoms with Crippen molar-refractivity contribution in [1.82, 2.24) is 4.98 Å². The monoisotopic (exact) mass is 437 g/mol. The molecule has 2 atom stereocenters. The third-order valence-electron chi connectivity index (χ3n) is 5.58. The fourth-order valence-electron chi connectivity index (χ4n) is 3.92. The van der Waals surface area contributed by atoms with Crippen molar-refractivity contribution in [3.8, 4) is 0 Å². The lowest BCUT2D eigenvalue weighted by Gasteiger charge is -2.39. The molecule has 0 amide bonds. The Morgan fingerprint density at radius 1 is 1.41 bits per heavy atom. The summed E-state index contributed by atoms with van der Waals surface area (Å²) < 4.78 is 44.9. The van der Waals surface area contributed by atoms with Crippen LogP contribution >= 0.6 is 11.3 Å². The van der Waals surface area contributed by atoms with Gasteiger partial charge in [-0.1, -0.05) is 6.07 Å². The van der Waals surface area contributed by atoms with Gasteiger partial charge < -0.3 is 10.5 Å². The summed E-state index contributed by atoms with van der Waals surface area (Å²) in [5.74, 6) is -1.23. The zero-order valence-electron chi connectivity index (χ0n) is 15.7. The molecule has 2 aromatic rings. The molecule has 154 valence electrons. The number of hydrogen-bond acceptors (Lipinski definition) is 8. The zero-order chi connectivity index (χ0) is 20.9. The molecule has 0 radical (unpaired) electrons. The maximum absolute atomic E-state index is 14.7. The van der Waals surface area contributed by atoms with Gasteiger partial charge in [0.2, 0.25) is 0 Å². The molecule has 2 N–H and O–H groups in total. The predicted molar refractivity (Wildman–Crippen MR) is 107 cm³/mol. The molecule has 7 nitrogen and oxygen atoms in total. The quantitative estimate of drug-likeness (QED) is 0.731. The van der Waals surface area contributed by atoms with Crippen LogP contribution in [0.5, 0.6) is 0 Å². The Hall–Kier alpha value is -2.17. The van der Waals surface area contributed by atoms with E-state index in [0.717, 1.165) is 0 Å². The van der Waals surface area contributed by atoms with E-state index in [2.05, 4.69) is 9.98 Å². The van der Waals surface area contributed by atoms with Crippen molar-refractivity contribution in [3.05, 3.63) is 51.7 Å². The Morgan fingerprint density at radius 2 is 2.21 bits per heavy atom. The summed E-state index contributed by atoms with van der Waals surface area (Å²) in [5.41, 5.74) is 7.28. The van der Waals surface area contributed by atoms with Crippen molar-refractivity contribution in [1.29, 1.82) is 0 Å². The second-order valence-corrected chi connectivity index (χ2v) is 10.6. The van der Waals surface area contributed by atoms with Gasteiger partial charge in [0.05, 0.1) is 17.9 Å². The lowest BCUT2D eigenvalue weighted by molar-refractivity contribution is 0.0988. The number of benzene rings is 1. The topological polar surface area (TPSA) is 112 Å². The van der Waals surface area contributed by atoms with Gasteiger partial charge in [-0.2, -0.15) is 0 Å². The van der Waals surface area contributed by atoms with Crippen LogP contribution < -0.4 is 5.73 Å². The average molecular weight is 438 g/mol. The number of aliphatic imine (C=N–C) groups is 1. The lowest BCUT2D eigenvalue weighted by Crippen LogP contribution is -2.58. The second kappa shape index (κ2) is 6.96. The van der Waals surface area contributed by atoms with E-state index >= 15 is 0 Å². The Balaban J connectivity index is 1.72. The normalized spacial score (nSPS) is 28.4. The fraction of sp³-hybridized carbons (Fsp3) is 0.421. The van der Waals surface area contributed by atoms with Crippen molar-refractivity contribution in [3.63, 3.8) is 0 Å². The lowest BCUT2D eigenvalue weighted by atomic mass is 9.90. The van der Waals surface area contributed by atoms with Gasteiger partial charge in [-0.15, -0.1) is 11.3 Å². The van der Waals surface area contributed by atoms with Crippen LogP contribution in [-0.2, 0) is 26.5 Å². The number of ketones is 1. The van der Waals surface area contributed by atoms with E-state index in [0.29, 0.717) is 11.3 Å². The minimum atomic E-state index is -3.74. The van der Waals surface area contributed by atoms with Crippen molar-refractivity contribution in [2.45, 2.75) is 30.1 Å². The number of nitrogens with two attached hydrogens (primary N) is 1. The van der Waals surface area contributed by atoms with Gasteiger partial charge in [-0.05, 0) is 31.0 Å². The third-order valence-corrected chi connectivity index (χ3v) is 8.83. The molecular weight excluding hydrogens is 417 g/mol. The minimum absolute atomic E-state index is 0.0246. The van der Waals surface area contributed by atoms with Crippen molar-refractivity contribution >= 4 is 32.8 Å². The number of carbonyl (C=O) groups is 1. The van der Waals surface area contributed by atoms with Gasteiger partial charge in [0.15, 0.2) is 20.4 Å². The van der Waals surface area contributed by atoms with Crippen LogP contribution in [0.2, 0.25) is 0 Å². The van der Waals surface area contributed by atoms with Crippen LogP contribution in [-0.4, -0.2) is 48.7 Å². The largest absolute Gasteiger partial charge is 0.386 e. The van der Waals surface area contributed by atoms with Crippen LogP contribution in [0.15, 0.2) is 34.1 Å². The zero-order valence-corrected chi connectivity index (χ0v) is 17.4. The highest BCUT2D eigenvalue weighted by atomic mass is 32.2. The SMILES string of the molecule is C[C@@]1(c2cc(CC(=O)c3cscn3)ccc2F)CS(=O)(=O)[C@]2(CCOC2)C(N)=N1. The summed E-state index contributed by atoms with van der Waals surface area (Å²) in [7, 11) is -3.74. The first-order valence-electron chi connectivity index (χ1n) is 9.03. The van der Waals surface area contributed by atoms with E-state index in [1.165, 1.54) is 29.5 Å². The van der Waals surface area contributed by atoms with Gasteiger partial charge >= 0.3 is 0 Å². The smallest absolute Gasteiger partial charge is 0.186 e. The van der Waals surface area contributed by atoms with Gasteiger partial charge in [0.25, 0.3) is 0 Å². The van der Waals surface area contributed by atoms with Crippen LogP contribution in [0.25, 0.3) is 0 Å². The molecule has 1 saturated heterocycles. The molecule has 29 heavy (non-hydrogen) atoms. The van der Waals surface area contributed by atoms with E-state index in [9.17, 15) is 17.6 Å². The maximum atomic E-state index is 14.7. The maximum Gasteiger partial charge on any atom is 0.186 e. The number of thiazole rings is 1. The Labute approximate surface area is 171 Å². The van der Waals surface area contributed by atoms with Gasteiger partial charge in [0.1, 0.15) is 22.9 Å². The van der Waals surface area contributed by atoms with Gasteiger partial charge in [-0.3, -0.25) is 9.79 Å². The van der Waals surface area contributed by atoms with Crippen molar-refractivity contribution in [2.24, 2.45) is 10.7 Å². The van der Waals surface area contributed by atoms with Gasteiger partial charge in [-0.25, -0.2) is 17.8 Å². The van der Waals surface area contributed by atoms with Gasteiger partial charge in [0, 0.05) is 24.0 Å². The molecule has 0 bridgehead atoms. The summed E-state index contributed by atoms with van der Waals surface area (Å²) in [5, 5.41) is 1.65. The molecule has 1 fully saturated rings. The number of nitrogens with zero attached hydrogens (tertiary/aromatic N) is 2. The molecule has 3 heterocycles. The minimum Gasteiger partial charge on any atom is -0.386 e. The molecule has 1 spiro atoms. The highest BCUT2D eigenvalue weighted by Crippen LogP contribution is 2.41. The number of halogens is 1. The molecule has 0 aliphatic carbocycles.